The molecule has 1 aromatic rings. The van der Waals surface area contributed by atoms with Crippen LogP contribution in [0.4, 0.5) is 5.82 Å². The molecule has 0 fully saturated rings. The molecule has 0 saturated heterocycles. The third-order valence-corrected chi connectivity index (χ3v) is 3.92. The first-order chi connectivity index (χ1) is 7.35. The molecule has 0 aliphatic heterocycles. The van der Waals surface area contributed by atoms with Gasteiger partial charge in [0.25, 0.3) is 0 Å². The van der Waals surface area contributed by atoms with Crippen molar-refractivity contribution in [2.75, 3.05) is 11.5 Å². The number of sulfone groups is 1. The number of nitrogens with zero attached hydrogens (tertiary/aromatic N) is 3. The summed E-state index contributed by atoms with van der Waals surface area (Å²) in [5.74, 6) is 0.227. The van der Waals surface area contributed by atoms with Crippen LogP contribution >= 0.6 is 0 Å². The number of hydrogen-bond acceptors (Lipinski definition) is 5. The summed E-state index contributed by atoms with van der Waals surface area (Å²) in [6.45, 7) is 3.37. The molecule has 0 N–H and O–H groups in total. The quantitative estimate of drug-likeness (QED) is 0.558. The molecule has 0 radical (unpaired) electrons. The second-order valence-corrected chi connectivity index (χ2v) is 5.81. The van der Waals surface area contributed by atoms with Crippen molar-refractivity contribution in [2.24, 2.45) is 0 Å². The largest absolute Gasteiger partial charge is 0.381 e. The number of nitro groups is 1. The van der Waals surface area contributed by atoms with Crippen LogP contribution in [0.5, 0.6) is 0 Å². The van der Waals surface area contributed by atoms with Crippen LogP contribution in [0.3, 0.4) is 0 Å². The van der Waals surface area contributed by atoms with Crippen molar-refractivity contribution in [1.82, 2.24) is 9.55 Å². The smallest absolute Gasteiger partial charge is 0.358 e. The van der Waals surface area contributed by atoms with Gasteiger partial charge >= 0.3 is 5.82 Å². The molecule has 7 nitrogen and oxygen atoms in total. The average molecular weight is 247 g/mol. The van der Waals surface area contributed by atoms with Gasteiger partial charge in [0, 0.05) is 19.2 Å². The zero-order valence-electron chi connectivity index (χ0n) is 9.08. The Morgan fingerprint density at radius 1 is 1.56 bits per heavy atom. The highest BCUT2D eigenvalue weighted by Crippen LogP contribution is 2.10. The minimum atomic E-state index is -3.06. The summed E-state index contributed by atoms with van der Waals surface area (Å²) in [5.41, 5.74) is 0. The third kappa shape index (κ3) is 3.02. The van der Waals surface area contributed by atoms with Crippen molar-refractivity contribution in [3.63, 3.8) is 0 Å². The minimum absolute atomic E-state index is 0.0299. The van der Waals surface area contributed by atoms with Gasteiger partial charge in [-0.2, -0.15) is 0 Å². The highest BCUT2D eigenvalue weighted by Gasteiger charge is 2.16. The van der Waals surface area contributed by atoms with Crippen LogP contribution in [0.25, 0.3) is 0 Å². The Kier molecular flexibility index (Phi) is 3.63. The first-order valence-electron chi connectivity index (χ1n) is 4.74. The van der Waals surface area contributed by atoms with Crippen LogP contribution in [0.15, 0.2) is 6.20 Å². The van der Waals surface area contributed by atoms with Crippen LogP contribution < -0.4 is 0 Å². The molecular weight excluding hydrogens is 234 g/mol. The van der Waals surface area contributed by atoms with Crippen molar-refractivity contribution in [3.05, 3.63) is 22.1 Å². The summed E-state index contributed by atoms with van der Waals surface area (Å²) < 4.78 is 24.0. The van der Waals surface area contributed by atoms with Gasteiger partial charge in [0.1, 0.15) is 6.20 Å². The van der Waals surface area contributed by atoms with Crippen molar-refractivity contribution < 1.29 is 13.3 Å². The van der Waals surface area contributed by atoms with E-state index < -0.39 is 14.8 Å². The summed E-state index contributed by atoms with van der Waals surface area (Å²) in [4.78, 5) is 13.5. The predicted molar refractivity (Wildman–Crippen MR) is 57.9 cm³/mol. The van der Waals surface area contributed by atoms with E-state index in [1.807, 2.05) is 0 Å². The summed E-state index contributed by atoms with van der Waals surface area (Å²) in [7, 11) is -3.06. The van der Waals surface area contributed by atoms with Crippen LogP contribution in [0.1, 0.15) is 12.7 Å². The van der Waals surface area contributed by atoms with E-state index in [-0.39, 0.29) is 23.9 Å². The molecule has 0 amide bonds. The molecule has 0 bridgehead atoms. The van der Waals surface area contributed by atoms with E-state index in [1.165, 1.54) is 10.8 Å². The molecule has 0 spiro atoms. The lowest BCUT2D eigenvalue weighted by molar-refractivity contribution is -0.389. The van der Waals surface area contributed by atoms with Gasteiger partial charge in [-0.1, -0.05) is 6.92 Å². The van der Waals surface area contributed by atoms with Crippen LogP contribution in [-0.4, -0.2) is 34.4 Å². The van der Waals surface area contributed by atoms with Gasteiger partial charge in [-0.05, 0) is 9.91 Å². The molecule has 0 atom stereocenters. The molecule has 1 heterocycles. The van der Waals surface area contributed by atoms with Crippen molar-refractivity contribution in [2.45, 2.75) is 20.4 Å². The lowest BCUT2D eigenvalue weighted by Gasteiger charge is -2.02. The number of aromatic nitrogens is 2. The maximum absolute atomic E-state index is 11.3. The van der Waals surface area contributed by atoms with E-state index in [4.69, 9.17) is 0 Å². The fourth-order valence-corrected chi connectivity index (χ4v) is 1.95. The zero-order valence-corrected chi connectivity index (χ0v) is 9.90. The predicted octanol–water partition coefficient (Wildman–Crippen LogP) is 0.534. The van der Waals surface area contributed by atoms with Crippen molar-refractivity contribution in [1.29, 1.82) is 0 Å². The standard InChI is InChI=1S/C8H13N3O4S/c1-3-16(14,15)5-4-10-6-8(11(12)13)9-7(10)2/h6H,3-5H2,1-2H3. The van der Waals surface area contributed by atoms with E-state index >= 15 is 0 Å². The lowest BCUT2D eigenvalue weighted by atomic mass is 10.6. The van der Waals surface area contributed by atoms with Crippen LogP contribution in [-0.2, 0) is 16.4 Å². The van der Waals surface area contributed by atoms with Crippen molar-refractivity contribution >= 4 is 15.7 Å². The Hall–Kier alpha value is -1.44. The number of hydrogen-bond donors (Lipinski definition) is 0. The summed E-state index contributed by atoms with van der Waals surface area (Å²) in [5, 5.41) is 10.4. The molecule has 1 aromatic heterocycles. The molecule has 1 rings (SSSR count). The van der Waals surface area contributed by atoms with E-state index in [0.717, 1.165) is 0 Å². The van der Waals surface area contributed by atoms with E-state index in [9.17, 15) is 18.5 Å². The molecule has 0 aliphatic carbocycles. The Labute approximate surface area is 93.2 Å². The highest BCUT2D eigenvalue weighted by molar-refractivity contribution is 7.91. The summed E-state index contributed by atoms with van der Waals surface area (Å²) in [6, 6.07) is 0. The molecule has 90 valence electrons. The van der Waals surface area contributed by atoms with E-state index in [1.54, 1.807) is 13.8 Å². The molecule has 0 unspecified atom stereocenters. The lowest BCUT2D eigenvalue weighted by Crippen LogP contribution is -2.14. The number of rotatable bonds is 5. The Morgan fingerprint density at radius 2 is 2.19 bits per heavy atom. The van der Waals surface area contributed by atoms with Gasteiger partial charge in [0.2, 0.25) is 5.82 Å². The fraction of sp³-hybridized carbons (Fsp3) is 0.625. The molecular formula is C8H13N3O4S. The molecule has 0 saturated carbocycles. The molecule has 0 aromatic carbocycles. The van der Waals surface area contributed by atoms with E-state index in [2.05, 4.69) is 4.98 Å². The summed E-state index contributed by atoms with van der Waals surface area (Å²) in [6.07, 6.45) is 1.25. The maximum atomic E-state index is 11.3. The first kappa shape index (κ1) is 12.6. The van der Waals surface area contributed by atoms with Crippen LogP contribution in [0.2, 0.25) is 0 Å². The summed E-state index contributed by atoms with van der Waals surface area (Å²) >= 11 is 0. The van der Waals surface area contributed by atoms with Gasteiger partial charge in [-0.25, -0.2) is 8.42 Å². The van der Waals surface area contributed by atoms with Crippen molar-refractivity contribution in [3.8, 4) is 0 Å². The second-order valence-electron chi connectivity index (χ2n) is 3.33. The first-order valence-corrected chi connectivity index (χ1v) is 6.56. The fourth-order valence-electron chi connectivity index (χ4n) is 1.19. The zero-order chi connectivity index (χ0) is 12.3. The normalized spacial score (nSPS) is 11.6. The Morgan fingerprint density at radius 3 is 2.62 bits per heavy atom. The maximum Gasteiger partial charge on any atom is 0.381 e. The van der Waals surface area contributed by atoms with Gasteiger partial charge in [-0.15, -0.1) is 0 Å². The Balaban J connectivity index is 2.79. The SMILES string of the molecule is CCS(=O)(=O)CCn1cc([N+](=O)[O-])nc1C. The molecule has 8 heteroatoms. The van der Waals surface area contributed by atoms with Crippen LogP contribution in [0, 0.1) is 17.0 Å². The second kappa shape index (κ2) is 4.60. The minimum Gasteiger partial charge on any atom is -0.358 e. The highest BCUT2D eigenvalue weighted by atomic mass is 32.2. The Bertz CT molecular complexity index is 491. The van der Waals surface area contributed by atoms with Gasteiger partial charge in [-0.3, -0.25) is 0 Å². The average Bonchev–Trinajstić information content (AvgIpc) is 2.57. The van der Waals surface area contributed by atoms with Gasteiger partial charge in [0.15, 0.2) is 9.84 Å². The third-order valence-electron chi connectivity index (χ3n) is 2.23. The number of imidazole rings is 1. The van der Waals surface area contributed by atoms with Gasteiger partial charge in [0.05, 0.1) is 5.75 Å². The van der Waals surface area contributed by atoms with E-state index in [0.29, 0.717) is 5.82 Å². The van der Waals surface area contributed by atoms with Gasteiger partial charge < -0.3 is 14.7 Å². The number of aryl methyl sites for hydroxylation is 2. The monoisotopic (exact) mass is 247 g/mol. The molecule has 0 aliphatic rings. The topological polar surface area (TPSA) is 95.1 Å². The molecule has 16 heavy (non-hydrogen) atoms.